The Morgan fingerprint density at radius 3 is 2.17 bits per heavy atom. The number of rotatable bonds is 6. The molecule has 72 valence electrons. The summed E-state index contributed by atoms with van der Waals surface area (Å²) in [5.74, 6) is 0.618. The Bertz CT molecular complexity index is 130. The Morgan fingerprint density at radius 2 is 1.75 bits per heavy atom. The van der Waals surface area contributed by atoms with Gasteiger partial charge in [-0.25, -0.2) is 0 Å². The number of carbonyl (C=O) groups is 1. The molecule has 0 saturated carbocycles. The molecule has 1 atom stereocenters. The standard InChI is InChI=1S/C10H20O2/c1-8(2)4-5-9(3)6-7-10(11)12/h8-9H,4-7H2,1-3H3,(H,11,12)/t9-/m1/s1. The lowest BCUT2D eigenvalue weighted by Gasteiger charge is -2.10. The lowest BCUT2D eigenvalue weighted by atomic mass is 9.96. The van der Waals surface area contributed by atoms with E-state index in [9.17, 15) is 4.79 Å². The minimum absolute atomic E-state index is 0.319. The fourth-order valence-electron chi connectivity index (χ4n) is 1.13. The summed E-state index contributed by atoms with van der Waals surface area (Å²) in [6.07, 6.45) is 3.51. The van der Waals surface area contributed by atoms with E-state index in [2.05, 4.69) is 20.8 Å². The van der Waals surface area contributed by atoms with Gasteiger partial charge in [0.15, 0.2) is 0 Å². The molecule has 12 heavy (non-hydrogen) atoms. The van der Waals surface area contributed by atoms with Crippen LogP contribution in [0.25, 0.3) is 0 Å². The molecule has 0 saturated heterocycles. The number of aliphatic carboxylic acids is 1. The maximum atomic E-state index is 10.2. The fourth-order valence-corrected chi connectivity index (χ4v) is 1.13. The van der Waals surface area contributed by atoms with Crippen LogP contribution in [0, 0.1) is 11.8 Å². The van der Waals surface area contributed by atoms with Gasteiger partial charge in [0.05, 0.1) is 0 Å². The van der Waals surface area contributed by atoms with Crippen molar-refractivity contribution in [2.45, 2.75) is 46.5 Å². The van der Waals surface area contributed by atoms with E-state index < -0.39 is 5.97 Å². The summed E-state index contributed by atoms with van der Waals surface area (Å²) < 4.78 is 0. The largest absolute Gasteiger partial charge is 0.481 e. The van der Waals surface area contributed by atoms with Crippen LogP contribution in [0.5, 0.6) is 0 Å². The highest BCUT2D eigenvalue weighted by atomic mass is 16.4. The third kappa shape index (κ3) is 7.58. The first-order valence-corrected chi connectivity index (χ1v) is 4.74. The Morgan fingerprint density at radius 1 is 1.17 bits per heavy atom. The van der Waals surface area contributed by atoms with E-state index in [0.717, 1.165) is 18.8 Å². The molecule has 0 aliphatic rings. The van der Waals surface area contributed by atoms with Gasteiger partial charge in [-0.05, 0) is 18.3 Å². The molecule has 0 unspecified atom stereocenters. The van der Waals surface area contributed by atoms with Gasteiger partial charge in [0.25, 0.3) is 0 Å². The molecule has 0 aliphatic carbocycles. The quantitative estimate of drug-likeness (QED) is 0.668. The molecule has 0 amide bonds. The van der Waals surface area contributed by atoms with E-state index in [0.29, 0.717) is 12.3 Å². The second-order valence-electron chi connectivity index (χ2n) is 4.01. The first kappa shape index (κ1) is 11.5. The summed E-state index contributed by atoms with van der Waals surface area (Å²) in [4.78, 5) is 10.2. The first-order valence-electron chi connectivity index (χ1n) is 4.74. The van der Waals surface area contributed by atoms with E-state index in [1.165, 1.54) is 6.42 Å². The number of carboxylic acid groups (broad SMARTS) is 1. The maximum Gasteiger partial charge on any atom is 0.303 e. The molecular weight excluding hydrogens is 152 g/mol. The maximum absolute atomic E-state index is 10.2. The van der Waals surface area contributed by atoms with Crippen molar-refractivity contribution in [2.75, 3.05) is 0 Å². The lowest BCUT2D eigenvalue weighted by molar-refractivity contribution is -0.137. The zero-order chi connectivity index (χ0) is 9.56. The molecule has 0 fully saturated rings. The molecule has 0 radical (unpaired) electrons. The second-order valence-corrected chi connectivity index (χ2v) is 4.01. The van der Waals surface area contributed by atoms with Crippen molar-refractivity contribution in [3.05, 3.63) is 0 Å². The molecule has 2 nitrogen and oxygen atoms in total. The van der Waals surface area contributed by atoms with Gasteiger partial charge in [-0.1, -0.05) is 33.6 Å². The normalized spacial score (nSPS) is 13.3. The van der Waals surface area contributed by atoms with Crippen molar-refractivity contribution in [3.8, 4) is 0 Å². The van der Waals surface area contributed by atoms with Crippen molar-refractivity contribution in [3.63, 3.8) is 0 Å². The predicted molar refractivity (Wildman–Crippen MR) is 50.1 cm³/mol. The van der Waals surface area contributed by atoms with Gasteiger partial charge in [-0.3, -0.25) is 4.79 Å². The molecule has 2 heteroatoms. The monoisotopic (exact) mass is 172 g/mol. The van der Waals surface area contributed by atoms with Crippen molar-refractivity contribution in [2.24, 2.45) is 11.8 Å². The van der Waals surface area contributed by atoms with Gasteiger partial charge in [0.1, 0.15) is 0 Å². The van der Waals surface area contributed by atoms with Crippen LogP contribution >= 0.6 is 0 Å². The van der Waals surface area contributed by atoms with E-state index >= 15 is 0 Å². The van der Waals surface area contributed by atoms with E-state index in [1.807, 2.05) is 0 Å². The molecule has 0 aliphatic heterocycles. The van der Waals surface area contributed by atoms with Crippen LogP contribution in [-0.2, 0) is 4.79 Å². The Labute approximate surface area is 75.0 Å². The summed E-state index contributed by atoms with van der Waals surface area (Å²) in [6, 6.07) is 0. The second kappa shape index (κ2) is 6.04. The molecule has 0 aromatic heterocycles. The highest BCUT2D eigenvalue weighted by Crippen LogP contribution is 2.16. The zero-order valence-corrected chi connectivity index (χ0v) is 8.34. The van der Waals surface area contributed by atoms with Crippen LogP contribution in [0.4, 0.5) is 0 Å². The van der Waals surface area contributed by atoms with Gasteiger partial charge < -0.3 is 5.11 Å². The fraction of sp³-hybridized carbons (Fsp3) is 0.900. The molecule has 0 aromatic rings. The molecule has 0 aromatic carbocycles. The molecule has 1 N–H and O–H groups in total. The number of hydrogen-bond acceptors (Lipinski definition) is 1. The summed E-state index contributed by atoms with van der Waals surface area (Å²) in [5.41, 5.74) is 0. The smallest absolute Gasteiger partial charge is 0.303 e. The molecule has 0 heterocycles. The van der Waals surface area contributed by atoms with Crippen molar-refractivity contribution in [1.82, 2.24) is 0 Å². The minimum atomic E-state index is -0.675. The highest BCUT2D eigenvalue weighted by Gasteiger charge is 2.05. The SMILES string of the molecule is CC(C)CC[C@@H](C)CCC(=O)O. The molecular formula is C10H20O2. The third-order valence-electron chi connectivity index (χ3n) is 2.09. The van der Waals surface area contributed by atoms with Crippen molar-refractivity contribution in [1.29, 1.82) is 0 Å². The van der Waals surface area contributed by atoms with Crippen LogP contribution in [0.3, 0.4) is 0 Å². The molecule has 0 rings (SSSR count). The summed E-state index contributed by atoms with van der Waals surface area (Å²) in [7, 11) is 0. The van der Waals surface area contributed by atoms with Gasteiger partial charge in [-0.2, -0.15) is 0 Å². The Hall–Kier alpha value is -0.530. The minimum Gasteiger partial charge on any atom is -0.481 e. The van der Waals surface area contributed by atoms with Crippen LogP contribution in [0.15, 0.2) is 0 Å². The van der Waals surface area contributed by atoms with E-state index in [1.54, 1.807) is 0 Å². The number of hydrogen-bond donors (Lipinski definition) is 1. The topological polar surface area (TPSA) is 37.3 Å². The van der Waals surface area contributed by atoms with Gasteiger partial charge in [0, 0.05) is 6.42 Å². The first-order chi connectivity index (χ1) is 5.52. The predicted octanol–water partition coefficient (Wildman–Crippen LogP) is 2.92. The number of carboxylic acids is 1. The summed E-state index contributed by atoms with van der Waals surface area (Å²) in [6.45, 7) is 6.53. The van der Waals surface area contributed by atoms with Crippen LogP contribution in [-0.4, -0.2) is 11.1 Å². The van der Waals surface area contributed by atoms with Crippen LogP contribution in [0.1, 0.15) is 46.5 Å². The van der Waals surface area contributed by atoms with Crippen LogP contribution < -0.4 is 0 Å². The molecule has 0 spiro atoms. The summed E-state index contributed by atoms with van der Waals surface area (Å²) in [5, 5.41) is 8.44. The average molecular weight is 172 g/mol. The zero-order valence-electron chi connectivity index (χ0n) is 8.34. The van der Waals surface area contributed by atoms with Gasteiger partial charge >= 0.3 is 5.97 Å². The van der Waals surface area contributed by atoms with Gasteiger partial charge in [0.2, 0.25) is 0 Å². The van der Waals surface area contributed by atoms with Crippen molar-refractivity contribution >= 4 is 5.97 Å². The molecule has 0 bridgehead atoms. The lowest BCUT2D eigenvalue weighted by Crippen LogP contribution is -2.02. The Balaban J connectivity index is 3.33. The average Bonchev–Trinajstić information content (AvgIpc) is 1.96. The van der Waals surface area contributed by atoms with Crippen molar-refractivity contribution < 1.29 is 9.90 Å². The van der Waals surface area contributed by atoms with E-state index in [-0.39, 0.29) is 0 Å². The van der Waals surface area contributed by atoms with E-state index in [4.69, 9.17) is 5.11 Å². The highest BCUT2D eigenvalue weighted by molar-refractivity contribution is 5.66. The third-order valence-corrected chi connectivity index (χ3v) is 2.09. The Kier molecular flexibility index (Phi) is 5.77. The summed E-state index contributed by atoms with van der Waals surface area (Å²) >= 11 is 0. The van der Waals surface area contributed by atoms with Gasteiger partial charge in [-0.15, -0.1) is 0 Å². The van der Waals surface area contributed by atoms with Crippen LogP contribution in [0.2, 0.25) is 0 Å².